The van der Waals surface area contributed by atoms with E-state index < -0.39 is 30.0 Å². The van der Waals surface area contributed by atoms with Crippen molar-refractivity contribution in [2.24, 2.45) is 20.5 Å². The molecule has 0 aliphatic rings. The van der Waals surface area contributed by atoms with Gasteiger partial charge in [0, 0.05) is 11.1 Å². The van der Waals surface area contributed by atoms with E-state index in [0.29, 0.717) is 28.8 Å². The maximum atomic E-state index is 11.9. The average molecular weight is 563 g/mol. The molecule has 0 saturated heterocycles. The quantitative estimate of drug-likeness (QED) is 0.139. The van der Waals surface area contributed by atoms with E-state index in [1.54, 1.807) is 30.3 Å². The van der Waals surface area contributed by atoms with E-state index in [2.05, 4.69) is 20.5 Å². The molecular formula is C24H21N5NaO6S2+. The molecule has 0 aromatic heterocycles. The summed E-state index contributed by atoms with van der Waals surface area (Å²) in [5.74, 6) is 0. The van der Waals surface area contributed by atoms with Crippen LogP contribution in [0, 0.1) is 13.8 Å². The number of rotatable bonds is 6. The van der Waals surface area contributed by atoms with Gasteiger partial charge < -0.3 is 5.73 Å². The van der Waals surface area contributed by atoms with Crippen LogP contribution in [-0.2, 0) is 20.2 Å². The fourth-order valence-corrected chi connectivity index (χ4v) is 4.89. The average Bonchev–Trinajstić information content (AvgIpc) is 2.81. The van der Waals surface area contributed by atoms with Crippen LogP contribution < -0.4 is 35.3 Å². The standard InChI is InChI=1S/C24H21N5O6S2.Na/c1-14-9-17(25)4-7-22(14)28-26-18-6-8-23(15(2)10-18)29-27-19-5-3-16-11-20(36(30,31)32)13-24(21(16)12-19)37(33,34)35;/h3-13H,25H2,1-2H3,(H,30,31,32)(H,33,34,35);/q;+1. The van der Waals surface area contributed by atoms with E-state index in [1.807, 2.05) is 19.9 Å². The van der Waals surface area contributed by atoms with Gasteiger partial charge in [-0.3, -0.25) is 9.11 Å². The van der Waals surface area contributed by atoms with Crippen LogP contribution in [0.15, 0.2) is 97.0 Å². The Bertz CT molecular complexity index is 1820. The van der Waals surface area contributed by atoms with Crippen LogP contribution in [0.2, 0.25) is 0 Å². The molecule has 0 radical (unpaired) electrons. The molecule has 0 fully saturated rings. The van der Waals surface area contributed by atoms with E-state index >= 15 is 0 Å². The molecule has 0 saturated carbocycles. The molecule has 11 nitrogen and oxygen atoms in total. The molecule has 0 atom stereocenters. The number of anilines is 1. The summed E-state index contributed by atoms with van der Waals surface area (Å²) < 4.78 is 65.7. The Hall–Kier alpha value is -3.04. The van der Waals surface area contributed by atoms with Crippen LogP contribution in [0.5, 0.6) is 0 Å². The van der Waals surface area contributed by atoms with E-state index in [1.165, 1.54) is 18.2 Å². The third-order valence-corrected chi connectivity index (χ3v) is 7.12. The first-order valence-electron chi connectivity index (χ1n) is 10.6. The molecule has 38 heavy (non-hydrogen) atoms. The van der Waals surface area contributed by atoms with Crippen LogP contribution in [0.3, 0.4) is 0 Å². The normalized spacial score (nSPS) is 12.3. The first-order valence-corrected chi connectivity index (χ1v) is 13.5. The number of nitrogens with two attached hydrogens (primary N) is 1. The third kappa shape index (κ3) is 6.88. The maximum absolute atomic E-state index is 11.9. The van der Waals surface area contributed by atoms with Gasteiger partial charge in [0.25, 0.3) is 20.2 Å². The van der Waals surface area contributed by atoms with Crippen LogP contribution >= 0.6 is 0 Å². The number of benzene rings is 4. The van der Waals surface area contributed by atoms with E-state index in [4.69, 9.17) is 5.73 Å². The van der Waals surface area contributed by atoms with Crippen molar-refractivity contribution in [3.05, 3.63) is 77.9 Å². The van der Waals surface area contributed by atoms with E-state index in [9.17, 15) is 25.9 Å². The number of aryl methyl sites for hydroxylation is 2. The molecule has 14 heteroatoms. The molecule has 0 spiro atoms. The number of nitrogen functional groups attached to an aromatic ring is 1. The Morgan fingerprint density at radius 3 is 1.76 bits per heavy atom. The molecule has 4 aromatic rings. The largest absolute Gasteiger partial charge is 1.00 e. The Morgan fingerprint density at radius 1 is 0.658 bits per heavy atom. The molecule has 4 aromatic carbocycles. The Kier molecular flexibility index (Phi) is 8.83. The van der Waals surface area contributed by atoms with Crippen LogP contribution in [0.25, 0.3) is 10.8 Å². The van der Waals surface area contributed by atoms with Gasteiger partial charge in [0.05, 0.1) is 27.6 Å². The molecule has 0 bridgehead atoms. The summed E-state index contributed by atoms with van der Waals surface area (Å²) >= 11 is 0. The Labute approximate surface area is 241 Å². The minimum Gasteiger partial charge on any atom is -0.399 e. The zero-order valence-electron chi connectivity index (χ0n) is 20.6. The molecule has 190 valence electrons. The van der Waals surface area contributed by atoms with Gasteiger partial charge in [-0.1, -0.05) is 6.07 Å². The molecule has 0 unspecified atom stereocenters. The fourth-order valence-electron chi connectivity index (χ4n) is 3.54. The van der Waals surface area contributed by atoms with Crippen LogP contribution in [-0.4, -0.2) is 25.9 Å². The minimum absolute atomic E-state index is 0. The molecule has 4 rings (SSSR count). The van der Waals surface area contributed by atoms with Gasteiger partial charge >= 0.3 is 29.6 Å². The van der Waals surface area contributed by atoms with Gasteiger partial charge in [0.1, 0.15) is 4.90 Å². The number of nitrogens with zero attached hydrogens (tertiary/aromatic N) is 4. The molecule has 0 aliphatic carbocycles. The van der Waals surface area contributed by atoms with Gasteiger partial charge in [-0.2, -0.15) is 37.3 Å². The zero-order valence-corrected chi connectivity index (χ0v) is 24.2. The number of hydrogen-bond donors (Lipinski definition) is 3. The van der Waals surface area contributed by atoms with Gasteiger partial charge in [-0.25, -0.2) is 0 Å². The fraction of sp³-hybridized carbons (Fsp3) is 0.0833. The zero-order chi connectivity index (χ0) is 27.0. The Morgan fingerprint density at radius 2 is 1.21 bits per heavy atom. The molecule has 4 N–H and O–H groups in total. The first-order chi connectivity index (χ1) is 17.3. The van der Waals surface area contributed by atoms with Gasteiger partial charge in [-0.05, 0) is 91.0 Å². The second-order valence-electron chi connectivity index (χ2n) is 8.19. The van der Waals surface area contributed by atoms with Crippen LogP contribution in [0.4, 0.5) is 28.4 Å². The summed E-state index contributed by atoms with van der Waals surface area (Å²) in [6.07, 6.45) is 0. The van der Waals surface area contributed by atoms with Crippen molar-refractivity contribution in [3.8, 4) is 0 Å². The summed E-state index contributed by atoms with van der Waals surface area (Å²) in [4.78, 5) is -1.35. The number of hydrogen-bond acceptors (Lipinski definition) is 9. The van der Waals surface area contributed by atoms with Crippen molar-refractivity contribution in [2.75, 3.05) is 5.73 Å². The second kappa shape index (κ2) is 11.4. The minimum atomic E-state index is -4.81. The Balaban J connectivity index is 0.00000400. The third-order valence-electron chi connectivity index (χ3n) is 5.40. The van der Waals surface area contributed by atoms with Crippen molar-refractivity contribution in [1.82, 2.24) is 0 Å². The monoisotopic (exact) mass is 562 g/mol. The predicted molar refractivity (Wildman–Crippen MR) is 139 cm³/mol. The number of azo groups is 2. The van der Waals surface area contributed by atoms with Crippen molar-refractivity contribution >= 4 is 59.4 Å². The SMILES string of the molecule is Cc1cc(N)ccc1N=Nc1ccc(N=Nc2ccc3cc(S(=O)(=O)O)cc(S(=O)(=O)O)c3c2)c(C)c1.[Na+]. The topological polar surface area (TPSA) is 184 Å². The van der Waals surface area contributed by atoms with Crippen LogP contribution in [0.1, 0.15) is 11.1 Å². The summed E-state index contributed by atoms with van der Waals surface area (Å²) in [7, 11) is -9.51. The molecule has 0 aliphatic heterocycles. The molecular weight excluding hydrogens is 541 g/mol. The van der Waals surface area contributed by atoms with Gasteiger partial charge in [0.2, 0.25) is 0 Å². The summed E-state index contributed by atoms with van der Waals surface area (Å²) in [6, 6.07) is 16.5. The van der Waals surface area contributed by atoms with Gasteiger partial charge in [0.15, 0.2) is 0 Å². The molecule has 0 heterocycles. The van der Waals surface area contributed by atoms with E-state index in [-0.39, 0.29) is 46.0 Å². The first kappa shape index (κ1) is 29.5. The number of fused-ring (bicyclic) bond motifs is 1. The van der Waals surface area contributed by atoms with E-state index in [0.717, 1.165) is 17.2 Å². The van der Waals surface area contributed by atoms with Crippen molar-refractivity contribution in [2.45, 2.75) is 23.6 Å². The predicted octanol–water partition coefficient (Wildman–Crippen LogP) is 3.37. The summed E-state index contributed by atoms with van der Waals surface area (Å²) in [5.41, 5.74) is 10.1. The van der Waals surface area contributed by atoms with Crippen molar-refractivity contribution in [3.63, 3.8) is 0 Å². The summed E-state index contributed by atoms with van der Waals surface area (Å²) in [6.45, 7) is 3.70. The molecule has 0 amide bonds. The maximum Gasteiger partial charge on any atom is 1.00 e. The van der Waals surface area contributed by atoms with Crippen molar-refractivity contribution in [1.29, 1.82) is 0 Å². The smallest absolute Gasteiger partial charge is 0.399 e. The van der Waals surface area contributed by atoms with Crippen molar-refractivity contribution < 1.29 is 55.5 Å². The second-order valence-corrected chi connectivity index (χ2v) is 11.0. The summed E-state index contributed by atoms with van der Waals surface area (Å²) in [5, 5.41) is 17.0. The van der Waals surface area contributed by atoms with Gasteiger partial charge in [-0.15, -0.1) is 0 Å².